The van der Waals surface area contributed by atoms with Crippen LogP contribution in [-0.2, 0) is 6.54 Å². The third-order valence-corrected chi connectivity index (χ3v) is 4.82. The number of fused-ring (bicyclic) bond motifs is 1. The second-order valence-electron chi connectivity index (χ2n) is 6.68. The molecule has 0 atom stereocenters. The minimum atomic E-state index is -0.259. The predicted octanol–water partition coefficient (Wildman–Crippen LogP) is 1.62. The first-order valence-corrected chi connectivity index (χ1v) is 8.92. The zero-order valence-corrected chi connectivity index (χ0v) is 15.5. The molecule has 0 bridgehead atoms. The number of hydrogen-bond acceptors (Lipinski definition) is 7. The van der Waals surface area contributed by atoms with Crippen molar-refractivity contribution in [3.05, 3.63) is 30.0 Å². The van der Waals surface area contributed by atoms with Crippen molar-refractivity contribution in [3.63, 3.8) is 0 Å². The highest BCUT2D eigenvalue weighted by atomic mass is 16.5. The smallest absolute Gasteiger partial charge is 0.320 e. The molecular weight excluding hydrogens is 346 g/mol. The lowest BCUT2D eigenvalue weighted by Gasteiger charge is -2.34. The molecule has 9 heteroatoms. The number of carbonyl (C=O) groups is 1. The third kappa shape index (κ3) is 3.72. The Labute approximate surface area is 157 Å². The summed E-state index contributed by atoms with van der Waals surface area (Å²) in [6.07, 6.45) is 1.70. The summed E-state index contributed by atoms with van der Waals surface area (Å²) in [5.41, 5.74) is 2.76. The first-order valence-electron chi connectivity index (χ1n) is 8.92. The van der Waals surface area contributed by atoms with E-state index >= 15 is 0 Å². The lowest BCUT2D eigenvalue weighted by Crippen LogP contribution is -2.44. The standard InChI is InChI=1S/C18H23N7O2/c1-24-5-7-25(8-6-24)14-4-3-13(9-15(14)27-2)21-17-19-10-12-11-20-18(26)23-16(12)22-17/h3-4,9-10H,5-8,11H2,1-2H3,(H3,19,20,21,22,23,26). The number of benzene rings is 1. The molecule has 2 amide bonds. The van der Waals surface area contributed by atoms with Gasteiger partial charge in [0.15, 0.2) is 0 Å². The average molecular weight is 369 g/mol. The van der Waals surface area contributed by atoms with Crippen molar-refractivity contribution in [2.75, 3.05) is 55.9 Å². The van der Waals surface area contributed by atoms with Gasteiger partial charge in [-0.2, -0.15) is 4.98 Å². The van der Waals surface area contributed by atoms with Crippen molar-refractivity contribution in [3.8, 4) is 5.75 Å². The Bertz CT molecular complexity index is 850. The van der Waals surface area contributed by atoms with Gasteiger partial charge in [0, 0.05) is 56.2 Å². The molecular formula is C18H23N7O2. The summed E-state index contributed by atoms with van der Waals surface area (Å²) in [5.74, 6) is 1.75. The van der Waals surface area contributed by atoms with Crippen molar-refractivity contribution in [2.45, 2.75) is 6.54 Å². The van der Waals surface area contributed by atoms with Gasteiger partial charge in [0.1, 0.15) is 11.6 Å². The Morgan fingerprint density at radius 1 is 1.22 bits per heavy atom. The van der Waals surface area contributed by atoms with Crippen molar-refractivity contribution < 1.29 is 9.53 Å². The molecule has 2 aromatic rings. The normalized spacial score (nSPS) is 17.0. The molecule has 9 nitrogen and oxygen atoms in total. The van der Waals surface area contributed by atoms with Gasteiger partial charge in [-0.05, 0) is 19.2 Å². The Balaban J connectivity index is 1.53. The molecule has 0 aliphatic carbocycles. The molecule has 1 saturated heterocycles. The fourth-order valence-corrected chi connectivity index (χ4v) is 3.22. The number of aromatic nitrogens is 2. The van der Waals surface area contributed by atoms with Crippen LogP contribution in [0, 0.1) is 0 Å². The molecule has 0 unspecified atom stereocenters. The van der Waals surface area contributed by atoms with E-state index in [1.807, 2.05) is 12.1 Å². The number of hydrogen-bond donors (Lipinski definition) is 3. The lowest BCUT2D eigenvalue weighted by molar-refractivity contribution is 0.250. The predicted molar refractivity (Wildman–Crippen MR) is 104 cm³/mol. The van der Waals surface area contributed by atoms with Crippen LogP contribution in [0.4, 0.5) is 27.9 Å². The minimum absolute atomic E-state index is 0.259. The van der Waals surface area contributed by atoms with E-state index in [-0.39, 0.29) is 6.03 Å². The first-order chi connectivity index (χ1) is 13.1. The largest absolute Gasteiger partial charge is 0.495 e. The monoisotopic (exact) mass is 369 g/mol. The fourth-order valence-electron chi connectivity index (χ4n) is 3.22. The Hall–Kier alpha value is -3.07. The van der Waals surface area contributed by atoms with Crippen LogP contribution < -0.4 is 25.6 Å². The lowest BCUT2D eigenvalue weighted by atomic mass is 10.2. The molecule has 2 aliphatic heterocycles. The van der Waals surface area contributed by atoms with Crippen LogP contribution in [0.25, 0.3) is 0 Å². The highest BCUT2D eigenvalue weighted by molar-refractivity contribution is 5.91. The SMILES string of the molecule is COc1cc(Nc2ncc3c(n2)NC(=O)NC3)ccc1N1CCN(C)CC1. The summed E-state index contributed by atoms with van der Waals surface area (Å²) in [6, 6.07) is 5.72. The van der Waals surface area contributed by atoms with Gasteiger partial charge >= 0.3 is 6.03 Å². The van der Waals surface area contributed by atoms with E-state index < -0.39 is 0 Å². The number of nitrogens with zero attached hydrogens (tertiary/aromatic N) is 4. The average Bonchev–Trinajstić information content (AvgIpc) is 2.68. The van der Waals surface area contributed by atoms with Crippen molar-refractivity contribution in [2.24, 2.45) is 0 Å². The van der Waals surface area contributed by atoms with Crippen molar-refractivity contribution >= 4 is 29.2 Å². The van der Waals surface area contributed by atoms with Gasteiger partial charge in [-0.25, -0.2) is 9.78 Å². The number of carbonyl (C=O) groups excluding carboxylic acids is 1. The molecule has 27 heavy (non-hydrogen) atoms. The molecule has 142 valence electrons. The maximum atomic E-state index is 11.5. The van der Waals surface area contributed by atoms with Gasteiger partial charge in [0.25, 0.3) is 0 Å². The number of urea groups is 1. The molecule has 1 aromatic heterocycles. The van der Waals surface area contributed by atoms with Crippen LogP contribution in [0.15, 0.2) is 24.4 Å². The highest BCUT2D eigenvalue weighted by Crippen LogP contribution is 2.32. The maximum Gasteiger partial charge on any atom is 0.320 e. The van der Waals surface area contributed by atoms with E-state index in [1.165, 1.54) is 0 Å². The van der Waals surface area contributed by atoms with Crippen LogP contribution in [0.1, 0.15) is 5.56 Å². The number of nitrogens with one attached hydrogen (secondary N) is 3. The van der Waals surface area contributed by atoms with E-state index in [4.69, 9.17) is 4.74 Å². The van der Waals surface area contributed by atoms with E-state index in [9.17, 15) is 4.79 Å². The quantitative estimate of drug-likeness (QED) is 0.754. The summed E-state index contributed by atoms with van der Waals surface area (Å²) in [6.45, 7) is 4.44. The van der Waals surface area contributed by atoms with Gasteiger partial charge in [-0.15, -0.1) is 0 Å². The van der Waals surface area contributed by atoms with E-state index in [2.05, 4.69) is 48.8 Å². The fraction of sp³-hybridized carbons (Fsp3) is 0.389. The summed E-state index contributed by atoms with van der Waals surface area (Å²) in [7, 11) is 3.81. The van der Waals surface area contributed by atoms with Crippen molar-refractivity contribution in [1.29, 1.82) is 0 Å². The molecule has 4 rings (SSSR count). The Morgan fingerprint density at radius 3 is 2.81 bits per heavy atom. The summed E-state index contributed by atoms with van der Waals surface area (Å²) in [4.78, 5) is 24.8. The molecule has 1 fully saturated rings. The van der Waals surface area contributed by atoms with Crippen LogP contribution in [-0.4, -0.2) is 61.2 Å². The van der Waals surface area contributed by atoms with Crippen LogP contribution >= 0.6 is 0 Å². The molecule has 3 heterocycles. The maximum absolute atomic E-state index is 11.5. The van der Waals surface area contributed by atoms with Gasteiger partial charge < -0.3 is 25.2 Å². The van der Waals surface area contributed by atoms with Crippen LogP contribution in [0.2, 0.25) is 0 Å². The summed E-state index contributed by atoms with van der Waals surface area (Å²) in [5, 5.41) is 8.56. The van der Waals surface area contributed by atoms with Crippen LogP contribution in [0.3, 0.4) is 0 Å². The van der Waals surface area contributed by atoms with Crippen molar-refractivity contribution in [1.82, 2.24) is 20.2 Å². The highest BCUT2D eigenvalue weighted by Gasteiger charge is 2.19. The molecule has 0 spiro atoms. The second kappa shape index (κ2) is 7.28. The van der Waals surface area contributed by atoms with Gasteiger partial charge in [0.05, 0.1) is 12.8 Å². The summed E-state index contributed by atoms with van der Waals surface area (Å²) < 4.78 is 5.61. The second-order valence-corrected chi connectivity index (χ2v) is 6.68. The Kier molecular flexibility index (Phi) is 4.68. The number of methoxy groups -OCH3 is 1. The van der Waals surface area contributed by atoms with E-state index in [0.717, 1.165) is 48.9 Å². The van der Waals surface area contributed by atoms with Gasteiger partial charge in [0.2, 0.25) is 5.95 Å². The number of amides is 2. The Morgan fingerprint density at radius 2 is 2.04 bits per heavy atom. The van der Waals surface area contributed by atoms with Gasteiger partial charge in [-0.3, -0.25) is 5.32 Å². The minimum Gasteiger partial charge on any atom is -0.495 e. The van der Waals surface area contributed by atoms with Crippen LogP contribution in [0.5, 0.6) is 5.75 Å². The molecule has 0 saturated carbocycles. The number of piperazine rings is 1. The number of anilines is 4. The van der Waals surface area contributed by atoms with Gasteiger partial charge in [-0.1, -0.05) is 0 Å². The topological polar surface area (TPSA) is 94.6 Å². The first kappa shape index (κ1) is 17.3. The zero-order valence-electron chi connectivity index (χ0n) is 15.5. The molecule has 0 radical (unpaired) electrons. The number of rotatable bonds is 4. The molecule has 2 aliphatic rings. The number of likely N-dealkylation sites (N-methyl/N-ethyl adjacent to an activating group) is 1. The molecule has 3 N–H and O–H groups in total. The zero-order chi connectivity index (χ0) is 18.8. The van der Waals surface area contributed by atoms with E-state index in [1.54, 1.807) is 13.3 Å². The molecule has 1 aromatic carbocycles. The third-order valence-electron chi connectivity index (χ3n) is 4.82. The summed E-state index contributed by atoms with van der Waals surface area (Å²) >= 11 is 0. The van der Waals surface area contributed by atoms with E-state index in [0.29, 0.717) is 18.3 Å². The number of ether oxygens (including phenoxy) is 1.